The SMILES string of the molecule is CNCCN1C[C@H]2CC[C@@H](Oc3cccnc3)[C@H]2C1. The molecule has 0 aromatic carbocycles. The zero-order chi connectivity index (χ0) is 13.1. The van der Waals surface area contributed by atoms with Gasteiger partial charge in [0.1, 0.15) is 11.9 Å². The lowest BCUT2D eigenvalue weighted by molar-refractivity contribution is 0.148. The Labute approximate surface area is 115 Å². The maximum absolute atomic E-state index is 6.14. The van der Waals surface area contributed by atoms with Crippen molar-refractivity contribution in [2.45, 2.75) is 18.9 Å². The number of hydrogen-bond donors (Lipinski definition) is 1. The maximum Gasteiger partial charge on any atom is 0.138 e. The summed E-state index contributed by atoms with van der Waals surface area (Å²) >= 11 is 0. The van der Waals surface area contributed by atoms with E-state index in [1.54, 1.807) is 6.20 Å². The van der Waals surface area contributed by atoms with Gasteiger partial charge in [-0.05, 0) is 37.9 Å². The molecule has 2 aliphatic rings. The molecule has 4 heteroatoms. The molecule has 1 aromatic heterocycles. The number of fused-ring (bicyclic) bond motifs is 1. The lowest BCUT2D eigenvalue weighted by atomic mass is 9.99. The summed E-state index contributed by atoms with van der Waals surface area (Å²) in [4.78, 5) is 6.70. The third-order valence-electron chi connectivity index (χ3n) is 4.47. The minimum atomic E-state index is 0.383. The molecule has 19 heavy (non-hydrogen) atoms. The fourth-order valence-electron chi connectivity index (χ4n) is 3.50. The van der Waals surface area contributed by atoms with Crippen LogP contribution in [0.3, 0.4) is 0 Å². The molecule has 1 saturated carbocycles. The molecule has 1 aliphatic heterocycles. The molecule has 1 aliphatic carbocycles. The number of likely N-dealkylation sites (tertiary alicyclic amines) is 1. The van der Waals surface area contributed by atoms with Gasteiger partial charge in [0.15, 0.2) is 0 Å². The first-order valence-corrected chi connectivity index (χ1v) is 7.30. The number of nitrogens with zero attached hydrogens (tertiary/aromatic N) is 2. The van der Waals surface area contributed by atoms with Crippen LogP contribution in [0.4, 0.5) is 0 Å². The topological polar surface area (TPSA) is 37.4 Å². The van der Waals surface area contributed by atoms with Crippen molar-refractivity contribution >= 4 is 0 Å². The molecule has 0 unspecified atom stereocenters. The second kappa shape index (κ2) is 5.88. The van der Waals surface area contributed by atoms with Gasteiger partial charge in [0.05, 0.1) is 6.20 Å². The second-order valence-corrected chi connectivity index (χ2v) is 5.71. The first-order chi connectivity index (χ1) is 9.36. The maximum atomic E-state index is 6.14. The van der Waals surface area contributed by atoms with Gasteiger partial charge in [0.25, 0.3) is 0 Å². The Hall–Kier alpha value is -1.13. The number of likely N-dealkylation sites (N-methyl/N-ethyl adjacent to an activating group) is 1. The van der Waals surface area contributed by atoms with Gasteiger partial charge in [-0.15, -0.1) is 0 Å². The predicted octanol–water partition coefficient (Wildman–Crippen LogP) is 1.39. The average molecular weight is 261 g/mol. The van der Waals surface area contributed by atoms with Crippen molar-refractivity contribution in [1.82, 2.24) is 15.2 Å². The van der Waals surface area contributed by atoms with Gasteiger partial charge in [0.2, 0.25) is 0 Å². The predicted molar refractivity (Wildman–Crippen MR) is 75.2 cm³/mol. The van der Waals surface area contributed by atoms with Gasteiger partial charge in [-0.1, -0.05) is 0 Å². The molecule has 1 saturated heterocycles. The van der Waals surface area contributed by atoms with Crippen LogP contribution < -0.4 is 10.1 Å². The lowest BCUT2D eigenvalue weighted by Crippen LogP contribution is -2.32. The summed E-state index contributed by atoms with van der Waals surface area (Å²) in [5.41, 5.74) is 0. The molecule has 3 rings (SSSR count). The summed E-state index contributed by atoms with van der Waals surface area (Å²) in [7, 11) is 2.02. The number of aromatic nitrogens is 1. The Bertz CT molecular complexity index is 398. The van der Waals surface area contributed by atoms with Gasteiger partial charge < -0.3 is 15.0 Å². The quantitative estimate of drug-likeness (QED) is 0.869. The zero-order valence-electron chi connectivity index (χ0n) is 11.6. The molecular formula is C15H23N3O. The van der Waals surface area contributed by atoms with Crippen LogP contribution in [-0.2, 0) is 0 Å². The summed E-state index contributed by atoms with van der Waals surface area (Å²) in [5, 5.41) is 3.23. The van der Waals surface area contributed by atoms with Crippen LogP contribution in [0.2, 0.25) is 0 Å². The number of nitrogens with one attached hydrogen (secondary N) is 1. The highest BCUT2D eigenvalue weighted by molar-refractivity contribution is 5.16. The number of ether oxygens (including phenoxy) is 1. The van der Waals surface area contributed by atoms with Crippen molar-refractivity contribution < 1.29 is 4.74 Å². The highest BCUT2D eigenvalue weighted by atomic mass is 16.5. The van der Waals surface area contributed by atoms with Gasteiger partial charge in [-0.3, -0.25) is 4.98 Å². The van der Waals surface area contributed by atoms with Crippen LogP contribution in [0.25, 0.3) is 0 Å². The van der Waals surface area contributed by atoms with Gasteiger partial charge in [0, 0.05) is 38.3 Å². The number of pyridine rings is 1. The average Bonchev–Trinajstić information content (AvgIpc) is 2.99. The highest BCUT2D eigenvalue weighted by Crippen LogP contribution is 2.39. The fraction of sp³-hybridized carbons (Fsp3) is 0.667. The van der Waals surface area contributed by atoms with E-state index in [0.717, 1.165) is 24.8 Å². The number of hydrogen-bond acceptors (Lipinski definition) is 4. The van der Waals surface area contributed by atoms with E-state index in [-0.39, 0.29) is 0 Å². The van der Waals surface area contributed by atoms with E-state index in [1.165, 1.54) is 25.9 Å². The Morgan fingerprint density at radius 3 is 3.16 bits per heavy atom. The molecule has 0 amide bonds. The first-order valence-electron chi connectivity index (χ1n) is 7.30. The highest BCUT2D eigenvalue weighted by Gasteiger charge is 2.43. The number of rotatable bonds is 5. The minimum Gasteiger partial charge on any atom is -0.488 e. The molecule has 1 N–H and O–H groups in total. The third kappa shape index (κ3) is 2.90. The van der Waals surface area contributed by atoms with E-state index in [0.29, 0.717) is 12.0 Å². The van der Waals surface area contributed by atoms with E-state index >= 15 is 0 Å². The van der Waals surface area contributed by atoms with Crippen LogP contribution >= 0.6 is 0 Å². The van der Waals surface area contributed by atoms with Crippen molar-refractivity contribution in [3.05, 3.63) is 24.5 Å². The molecular weight excluding hydrogens is 238 g/mol. The Morgan fingerprint density at radius 1 is 1.42 bits per heavy atom. The molecule has 1 aromatic rings. The van der Waals surface area contributed by atoms with E-state index in [1.807, 2.05) is 25.4 Å². The van der Waals surface area contributed by atoms with Crippen LogP contribution in [0, 0.1) is 11.8 Å². The van der Waals surface area contributed by atoms with Crippen LogP contribution in [0.1, 0.15) is 12.8 Å². The largest absolute Gasteiger partial charge is 0.488 e. The van der Waals surface area contributed by atoms with Crippen molar-refractivity contribution in [2.24, 2.45) is 11.8 Å². The monoisotopic (exact) mass is 261 g/mol. The Balaban J connectivity index is 1.57. The van der Waals surface area contributed by atoms with E-state index in [2.05, 4.69) is 15.2 Å². The summed E-state index contributed by atoms with van der Waals surface area (Å²) < 4.78 is 6.14. The second-order valence-electron chi connectivity index (χ2n) is 5.71. The van der Waals surface area contributed by atoms with Gasteiger partial charge in [-0.2, -0.15) is 0 Å². The zero-order valence-corrected chi connectivity index (χ0v) is 11.6. The summed E-state index contributed by atoms with van der Waals surface area (Å²) in [6.45, 7) is 4.67. The van der Waals surface area contributed by atoms with Gasteiger partial charge in [-0.25, -0.2) is 0 Å². The minimum absolute atomic E-state index is 0.383. The molecule has 104 valence electrons. The Morgan fingerprint density at radius 2 is 2.37 bits per heavy atom. The third-order valence-corrected chi connectivity index (χ3v) is 4.47. The Kier molecular flexibility index (Phi) is 3.99. The molecule has 0 bridgehead atoms. The van der Waals surface area contributed by atoms with Crippen molar-refractivity contribution in [3.63, 3.8) is 0 Å². The fourth-order valence-corrected chi connectivity index (χ4v) is 3.50. The lowest BCUT2D eigenvalue weighted by Gasteiger charge is -2.21. The molecule has 2 fully saturated rings. The molecule has 4 nitrogen and oxygen atoms in total. The van der Waals surface area contributed by atoms with Crippen molar-refractivity contribution in [3.8, 4) is 5.75 Å². The first kappa shape index (κ1) is 12.9. The molecule has 0 radical (unpaired) electrons. The van der Waals surface area contributed by atoms with E-state index < -0.39 is 0 Å². The molecule has 2 heterocycles. The normalized spacial score (nSPS) is 30.5. The van der Waals surface area contributed by atoms with Crippen LogP contribution in [0.15, 0.2) is 24.5 Å². The standard InChI is InChI=1S/C15H23N3O/c1-16-7-8-18-10-12-4-5-15(14(12)11-18)19-13-3-2-6-17-9-13/h2-3,6,9,12,14-16H,4-5,7-8,10-11H2,1H3/t12-,14+,15-/m1/s1. The molecule has 3 atom stereocenters. The van der Waals surface area contributed by atoms with Crippen molar-refractivity contribution in [1.29, 1.82) is 0 Å². The molecule has 0 spiro atoms. The smallest absolute Gasteiger partial charge is 0.138 e. The van der Waals surface area contributed by atoms with E-state index in [9.17, 15) is 0 Å². The summed E-state index contributed by atoms with van der Waals surface area (Å²) in [6, 6.07) is 3.95. The summed E-state index contributed by atoms with van der Waals surface area (Å²) in [5.74, 6) is 2.46. The van der Waals surface area contributed by atoms with Crippen molar-refractivity contribution in [2.75, 3.05) is 33.2 Å². The summed E-state index contributed by atoms with van der Waals surface area (Å²) in [6.07, 6.45) is 6.50. The van der Waals surface area contributed by atoms with E-state index in [4.69, 9.17) is 4.74 Å². The van der Waals surface area contributed by atoms with Crippen LogP contribution in [0.5, 0.6) is 5.75 Å². The van der Waals surface area contributed by atoms with Crippen LogP contribution in [-0.4, -0.2) is 49.2 Å². The van der Waals surface area contributed by atoms with Gasteiger partial charge >= 0.3 is 0 Å².